The van der Waals surface area contributed by atoms with Crippen molar-refractivity contribution in [1.29, 1.82) is 0 Å². The van der Waals surface area contributed by atoms with Gasteiger partial charge in [0.1, 0.15) is 5.82 Å². The summed E-state index contributed by atoms with van der Waals surface area (Å²) in [6.45, 7) is 0. The van der Waals surface area contributed by atoms with Gasteiger partial charge in [0.25, 0.3) is 0 Å². The highest BCUT2D eigenvalue weighted by molar-refractivity contribution is 9.10. The van der Waals surface area contributed by atoms with E-state index >= 15 is 0 Å². The average Bonchev–Trinajstić information content (AvgIpc) is 2.66. The van der Waals surface area contributed by atoms with E-state index in [1.54, 1.807) is 28.8 Å². The molecular formula is C13H6BrCl2FN2S. The number of aromatic amines is 1. The summed E-state index contributed by atoms with van der Waals surface area (Å²) in [4.78, 5) is 2.99. The van der Waals surface area contributed by atoms with E-state index in [1.165, 1.54) is 6.07 Å². The molecule has 1 heterocycles. The third kappa shape index (κ3) is 2.29. The lowest BCUT2D eigenvalue weighted by atomic mass is 10.2. The first-order chi connectivity index (χ1) is 9.47. The molecule has 2 aromatic carbocycles. The van der Waals surface area contributed by atoms with Gasteiger partial charge in [0.2, 0.25) is 0 Å². The summed E-state index contributed by atoms with van der Waals surface area (Å²) in [7, 11) is 0. The molecule has 0 saturated carbocycles. The number of hydrogen-bond donors (Lipinski definition) is 1. The molecular weight excluding hydrogens is 386 g/mol. The van der Waals surface area contributed by atoms with E-state index in [-0.39, 0.29) is 5.82 Å². The second-order valence-electron chi connectivity index (χ2n) is 4.14. The maximum Gasteiger partial charge on any atom is 0.182 e. The summed E-state index contributed by atoms with van der Waals surface area (Å²) in [6, 6.07) is 8.10. The third-order valence-corrected chi connectivity index (χ3v) is 4.37. The Morgan fingerprint density at radius 1 is 1.15 bits per heavy atom. The van der Waals surface area contributed by atoms with Crippen molar-refractivity contribution in [2.75, 3.05) is 0 Å². The summed E-state index contributed by atoms with van der Waals surface area (Å²) >= 11 is 20.5. The highest BCUT2D eigenvalue weighted by Crippen LogP contribution is 2.30. The van der Waals surface area contributed by atoms with Gasteiger partial charge in [-0.05, 0) is 42.5 Å². The second kappa shape index (κ2) is 5.15. The van der Waals surface area contributed by atoms with Crippen molar-refractivity contribution >= 4 is 62.4 Å². The molecule has 3 rings (SSSR count). The van der Waals surface area contributed by atoms with Crippen LogP contribution in [0.1, 0.15) is 0 Å². The Balaban J connectivity index is 2.39. The molecule has 0 radical (unpaired) electrons. The summed E-state index contributed by atoms with van der Waals surface area (Å²) in [6.07, 6.45) is 0. The Morgan fingerprint density at radius 3 is 2.55 bits per heavy atom. The van der Waals surface area contributed by atoms with Crippen LogP contribution in [0, 0.1) is 10.6 Å². The minimum absolute atomic E-state index is 0.350. The topological polar surface area (TPSA) is 20.7 Å². The number of benzene rings is 2. The zero-order valence-electron chi connectivity index (χ0n) is 9.75. The molecule has 0 aliphatic heterocycles. The van der Waals surface area contributed by atoms with Gasteiger partial charge in [0.05, 0.1) is 26.8 Å². The molecule has 7 heteroatoms. The number of aromatic nitrogens is 2. The van der Waals surface area contributed by atoms with E-state index in [0.717, 1.165) is 0 Å². The lowest BCUT2D eigenvalue weighted by molar-refractivity contribution is 0.618. The minimum Gasteiger partial charge on any atom is -0.330 e. The predicted molar refractivity (Wildman–Crippen MR) is 86.1 cm³/mol. The monoisotopic (exact) mass is 390 g/mol. The van der Waals surface area contributed by atoms with Crippen LogP contribution in [0.25, 0.3) is 16.7 Å². The molecule has 1 aromatic heterocycles. The Kier molecular flexibility index (Phi) is 3.62. The average molecular weight is 392 g/mol. The van der Waals surface area contributed by atoms with Gasteiger partial charge in [-0.2, -0.15) is 0 Å². The second-order valence-corrected chi connectivity index (χ2v) is 6.26. The van der Waals surface area contributed by atoms with Crippen LogP contribution in [-0.4, -0.2) is 9.55 Å². The molecule has 0 saturated heterocycles. The van der Waals surface area contributed by atoms with E-state index < -0.39 is 0 Å². The molecule has 0 spiro atoms. The van der Waals surface area contributed by atoms with Crippen LogP contribution in [0.15, 0.2) is 34.8 Å². The van der Waals surface area contributed by atoms with Crippen molar-refractivity contribution in [3.63, 3.8) is 0 Å². The molecule has 102 valence electrons. The first-order valence-corrected chi connectivity index (χ1v) is 7.48. The first kappa shape index (κ1) is 14.1. The Bertz CT molecular complexity index is 888. The van der Waals surface area contributed by atoms with Gasteiger partial charge in [0.15, 0.2) is 4.77 Å². The molecule has 0 unspecified atom stereocenters. The summed E-state index contributed by atoms with van der Waals surface area (Å²) < 4.78 is 16.8. The quantitative estimate of drug-likeness (QED) is 0.512. The smallest absolute Gasteiger partial charge is 0.182 e. The third-order valence-electron chi connectivity index (χ3n) is 2.87. The fourth-order valence-electron chi connectivity index (χ4n) is 2.00. The molecule has 0 aliphatic carbocycles. The fourth-order valence-corrected chi connectivity index (χ4v) is 2.97. The maximum atomic E-state index is 14.1. The van der Waals surface area contributed by atoms with Crippen molar-refractivity contribution in [2.24, 2.45) is 0 Å². The minimum atomic E-state index is -0.387. The van der Waals surface area contributed by atoms with E-state index in [0.29, 0.717) is 36.0 Å². The van der Waals surface area contributed by atoms with Crippen LogP contribution >= 0.6 is 51.3 Å². The fraction of sp³-hybridized carbons (Fsp3) is 0. The predicted octanol–water partition coefficient (Wildman–Crippen LogP) is 5.90. The number of H-pyrrole nitrogens is 1. The van der Waals surface area contributed by atoms with Gasteiger partial charge in [-0.25, -0.2) is 4.39 Å². The number of nitrogens with one attached hydrogen (secondary N) is 1. The Labute approximate surface area is 137 Å². The van der Waals surface area contributed by atoms with Crippen LogP contribution in [-0.2, 0) is 0 Å². The molecule has 0 amide bonds. The highest BCUT2D eigenvalue weighted by atomic mass is 79.9. The highest BCUT2D eigenvalue weighted by Gasteiger charge is 2.13. The number of halogens is 4. The van der Waals surface area contributed by atoms with E-state index in [2.05, 4.69) is 20.9 Å². The zero-order valence-corrected chi connectivity index (χ0v) is 13.7. The van der Waals surface area contributed by atoms with Crippen LogP contribution in [0.2, 0.25) is 10.0 Å². The lowest BCUT2D eigenvalue weighted by Gasteiger charge is -2.07. The summed E-state index contributed by atoms with van der Waals surface area (Å²) in [5.41, 5.74) is 1.72. The SMILES string of the molecule is Fc1cc(Br)ccc1-n1c(=S)[nH]c2cc(Cl)c(Cl)cc21. The summed E-state index contributed by atoms with van der Waals surface area (Å²) in [5, 5.41) is 0.804. The van der Waals surface area contributed by atoms with Crippen molar-refractivity contribution in [3.8, 4) is 5.69 Å². The normalized spacial score (nSPS) is 11.2. The molecule has 1 N–H and O–H groups in total. The molecule has 0 aliphatic rings. The number of nitrogens with zero attached hydrogens (tertiary/aromatic N) is 1. The Hall–Kier alpha value is -0.880. The van der Waals surface area contributed by atoms with Gasteiger partial charge in [-0.15, -0.1) is 0 Å². The van der Waals surface area contributed by atoms with Gasteiger partial charge < -0.3 is 4.98 Å². The number of hydrogen-bond acceptors (Lipinski definition) is 1. The molecule has 0 bridgehead atoms. The van der Waals surface area contributed by atoms with Crippen LogP contribution in [0.5, 0.6) is 0 Å². The standard InChI is InChI=1S/C13H6BrCl2FN2S/c14-6-1-2-11(9(17)3-6)19-12-5-8(16)7(15)4-10(12)18-13(19)20/h1-5H,(H,18,20). The van der Waals surface area contributed by atoms with Gasteiger partial charge in [-0.3, -0.25) is 4.57 Å². The molecule has 0 atom stereocenters. The first-order valence-electron chi connectivity index (χ1n) is 5.52. The van der Waals surface area contributed by atoms with E-state index in [9.17, 15) is 4.39 Å². The van der Waals surface area contributed by atoms with Gasteiger partial charge >= 0.3 is 0 Å². The summed E-state index contributed by atoms with van der Waals surface area (Å²) in [5.74, 6) is -0.387. The van der Waals surface area contributed by atoms with Gasteiger partial charge in [-0.1, -0.05) is 39.1 Å². The van der Waals surface area contributed by atoms with Crippen molar-refractivity contribution in [2.45, 2.75) is 0 Å². The molecule has 3 aromatic rings. The van der Waals surface area contributed by atoms with Gasteiger partial charge in [0, 0.05) is 4.47 Å². The van der Waals surface area contributed by atoms with Crippen molar-refractivity contribution in [3.05, 3.63) is 55.4 Å². The van der Waals surface area contributed by atoms with Crippen molar-refractivity contribution < 1.29 is 4.39 Å². The number of rotatable bonds is 1. The largest absolute Gasteiger partial charge is 0.330 e. The van der Waals surface area contributed by atoms with E-state index in [1.807, 2.05) is 0 Å². The maximum absolute atomic E-state index is 14.1. The number of imidazole rings is 1. The molecule has 0 fully saturated rings. The van der Waals surface area contributed by atoms with Crippen molar-refractivity contribution in [1.82, 2.24) is 9.55 Å². The van der Waals surface area contributed by atoms with E-state index in [4.69, 9.17) is 35.4 Å². The lowest BCUT2D eigenvalue weighted by Crippen LogP contribution is -1.97. The Morgan fingerprint density at radius 2 is 1.85 bits per heavy atom. The number of fused-ring (bicyclic) bond motifs is 1. The molecule has 20 heavy (non-hydrogen) atoms. The van der Waals surface area contributed by atoms with Crippen LogP contribution in [0.3, 0.4) is 0 Å². The van der Waals surface area contributed by atoms with Crippen LogP contribution < -0.4 is 0 Å². The zero-order chi connectivity index (χ0) is 14.4. The molecule has 2 nitrogen and oxygen atoms in total. The van der Waals surface area contributed by atoms with Crippen LogP contribution in [0.4, 0.5) is 4.39 Å².